The molecule has 0 aliphatic carbocycles. The van der Waals surface area contributed by atoms with E-state index >= 15 is 0 Å². The van der Waals surface area contributed by atoms with Crippen LogP contribution in [-0.4, -0.2) is 48.6 Å². The Morgan fingerprint density at radius 2 is 2.05 bits per heavy atom. The fraction of sp³-hybridized carbons (Fsp3) is 0.625. The number of anilines is 1. The summed E-state index contributed by atoms with van der Waals surface area (Å²) in [4.78, 5) is 20.6. The summed E-state index contributed by atoms with van der Waals surface area (Å²) in [6, 6.07) is 4.40. The van der Waals surface area contributed by atoms with Gasteiger partial charge in [-0.1, -0.05) is 6.07 Å². The van der Waals surface area contributed by atoms with Crippen LogP contribution < -0.4 is 4.90 Å². The molecule has 5 nitrogen and oxygen atoms in total. The Hall–Kier alpha value is -1.62. The van der Waals surface area contributed by atoms with Crippen molar-refractivity contribution >= 4 is 11.7 Å². The van der Waals surface area contributed by atoms with Crippen molar-refractivity contribution in [2.45, 2.75) is 32.2 Å². The van der Waals surface area contributed by atoms with Gasteiger partial charge in [0.15, 0.2) is 0 Å². The largest absolute Gasteiger partial charge is 0.378 e. The second-order valence-corrected chi connectivity index (χ2v) is 5.77. The van der Waals surface area contributed by atoms with Crippen LogP contribution in [0.15, 0.2) is 18.3 Å². The van der Waals surface area contributed by atoms with Gasteiger partial charge in [-0.15, -0.1) is 0 Å². The Bertz CT molecular complexity index is 483. The van der Waals surface area contributed by atoms with Gasteiger partial charge in [-0.2, -0.15) is 0 Å². The highest BCUT2D eigenvalue weighted by atomic mass is 16.5. The summed E-state index contributed by atoms with van der Waals surface area (Å²) >= 11 is 0. The Kier molecular flexibility index (Phi) is 4.39. The SMILES string of the molecule is CC(=O)N1CCCC[C@H]1c1ccc(N2CCOCC2)nc1. The number of hydrogen-bond acceptors (Lipinski definition) is 4. The Balaban J connectivity index is 1.74. The van der Waals surface area contributed by atoms with E-state index in [0.29, 0.717) is 0 Å². The summed E-state index contributed by atoms with van der Waals surface area (Å²) in [6.45, 7) is 5.86. The number of hydrogen-bond donors (Lipinski definition) is 0. The van der Waals surface area contributed by atoms with Crippen molar-refractivity contribution in [3.63, 3.8) is 0 Å². The smallest absolute Gasteiger partial charge is 0.219 e. The van der Waals surface area contributed by atoms with Crippen LogP contribution in [0, 0.1) is 0 Å². The quantitative estimate of drug-likeness (QED) is 0.835. The molecule has 2 aliphatic heterocycles. The first-order valence-electron chi connectivity index (χ1n) is 7.81. The first-order valence-corrected chi connectivity index (χ1v) is 7.81. The number of ether oxygens (including phenoxy) is 1. The van der Waals surface area contributed by atoms with Crippen molar-refractivity contribution in [1.82, 2.24) is 9.88 Å². The highest BCUT2D eigenvalue weighted by molar-refractivity contribution is 5.74. The lowest BCUT2D eigenvalue weighted by Gasteiger charge is -2.35. The Labute approximate surface area is 125 Å². The van der Waals surface area contributed by atoms with Gasteiger partial charge in [-0.25, -0.2) is 4.98 Å². The van der Waals surface area contributed by atoms with Gasteiger partial charge in [-0.05, 0) is 30.9 Å². The highest BCUT2D eigenvalue weighted by Gasteiger charge is 2.26. The Morgan fingerprint density at radius 1 is 1.24 bits per heavy atom. The molecular weight excluding hydrogens is 266 g/mol. The van der Waals surface area contributed by atoms with Crippen molar-refractivity contribution in [3.05, 3.63) is 23.9 Å². The number of amides is 1. The molecule has 21 heavy (non-hydrogen) atoms. The predicted octanol–water partition coefficient (Wildman–Crippen LogP) is 1.99. The third-order valence-corrected chi connectivity index (χ3v) is 4.40. The summed E-state index contributed by atoms with van der Waals surface area (Å²) in [5.74, 6) is 1.17. The predicted molar refractivity (Wildman–Crippen MR) is 81.2 cm³/mol. The topological polar surface area (TPSA) is 45.7 Å². The summed E-state index contributed by atoms with van der Waals surface area (Å²) in [6.07, 6.45) is 5.27. The molecule has 0 aromatic carbocycles. The fourth-order valence-electron chi connectivity index (χ4n) is 3.23. The zero-order chi connectivity index (χ0) is 14.7. The first-order chi connectivity index (χ1) is 10.3. The number of rotatable bonds is 2. The van der Waals surface area contributed by atoms with E-state index in [1.54, 1.807) is 6.92 Å². The number of nitrogens with zero attached hydrogens (tertiary/aromatic N) is 3. The van der Waals surface area contributed by atoms with Gasteiger partial charge in [0.1, 0.15) is 5.82 Å². The number of carbonyl (C=O) groups is 1. The third kappa shape index (κ3) is 3.18. The molecule has 0 bridgehead atoms. The number of likely N-dealkylation sites (tertiary alicyclic amines) is 1. The van der Waals surface area contributed by atoms with Crippen LogP contribution in [-0.2, 0) is 9.53 Å². The lowest BCUT2D eigenvalue weighted by molar-refractivity contribution is -0.132. The zero-order valence-corrected chi connectivity index (χ0v) is 12.6. The number of pyridine rings is 1. The summed E-state index contributed by atoms with van der Waals surface area (Å²) < 4.78 is 5.37. The van der Waals surface area contributed by atoms with Gasteiger partial charge < -0.3 is 14.5 Å². The molecule has 2 aliphatic rings. The van der Waals surface area contributed by atoms with Crippen LogP contribution in [0.1, 0.15) is 37.8 Å². The number of piperidine rings is 1. The van der Waals surface area contributed by atoms with Gasteiger partial charge >= 0.3 is 0 Å². The van der Waals surface area contributed by atoms with E-state index in [2.05, 4.69) is 22.0 Å². The van der Waals surface area contributed by atoms with Gasteiger partial charge in [0.05, 0.1) is 19.3 Å². The van der Waals surface area contributed by atoms with Crippen molar-refractivity contribution in [2.75, 3.05) is 37.7 Å². The molecule has 1 amide bonds. The molecular formula is C16H23N3O2. The van der Waals surface area contributed by atoms with E-state index in [0.717, 1.165) is 57.1 Å². The molecule has 2 fully saturated rings. The van der Waals surface area contributed by atoms with Gasteiger partial charge in [-0.3, -0.25) is 4.79 Å². The lowest BCUT2D eigenvalue weighted by Crippen LogP contribution is -2.37. The van der Waals surface area contributed by atoms with Gasteiger partial charge in [0, 0.05) is 32.8 Å². The van der Waals surface area contributed by atoms with E-state index in [1.165, 1.54) is 6.42 Å². The van der Waals surface area contributed by atoms with Crippen molar-refractivity contribution in [1.29, 1.82) is 0 Å². The van der Waals surface area contributed by atoms with E-state index in [1.807, 2.05) is 11.1 Å². The van der Waals surface area contributed by atoms with E-state index in [4.69, 9.17) is 4.74 Å². The third-order valence-electron chi connectivity index (χ3n) is 4.40. The number of carbonyl (C=O) groups excluding carboxylic acids is 1. The minimum Gasteiger partial charge on any atom is -0.378 e. The molecule has 0 spiro atoms. The monoisotopic (exact) mass is 289 g/mol. The maximum atomic E-state index is 11.8. The number of morpholine rings is 1. The van der Waals surface area contributed by atoms with Crippen LogP contribution in [0.2, 0.25) is 0 Å². The summed E-state index contributed by atoms with van der Waals surface area (Å²) in [5, 5.41) is 0. The molecule has 0 unspecified atom stereocenters. The van der Waals surface area contributed by atoms with Gasteiger partial charge in [0.25, 0.3) is 0 Å². The molecule has 114 valence electrons. The average Bonchev–Trinajstić information content (AvgIpc) is 2.56. The number of aromatic nitrogens is 1. The molecule has 1 aromatic heterocycles. The molecule has 0 N–H and O–H groups in total. The van der Waals surface area contributed by atoms with Crippen molar-refractivity contribution < 1.29 is 9.53 Å². The molecule has 3 heterocycles. The molecule has 5 heteroatoms. The first kappa shape index (κ1) is 14.3. The molecule has 1 atom stereocenters. The van der Waals surface area contributed by atoms with Crippen LogP contribution in [0.5, 0.6) is 0 Å². The minimum atomic E-state index is 0.164. The lowest BCUT2D eigenvalue weighted by atomic mass is 9.96. The van der Waals surface area contributed by atoms with Gasteiger partial charge in [0.2, 0.25) is 5.91 Å². The maximum Gasteiger partial charge on any atom is 0.219 e. The standard InChI is InChI=1S/C16H23N3O2/c1-13(20)19-7-3-2-4-15(19)14-5-6-16(17-12-14)18-8-10-21-11-9-18/h5-6,12,15H,2-4,7-11H2,1H3/t15-/m0/s1. The van der Waals surface area contributed by atoms with E-state index in [-0.39, 0.29) is 11.9 Å². The van der Waals surface area contributed by atoms with E-state index in [9.17, 15) is 4.79 Å². The second kappa shape index (κ2) is 6.43. The van der Waals surface area contributed by atoms with Crippen LogP contribution in [0.4, 0.5) is 5.82 Å². The molecule has 0 saturated carbocycles. The van der Waals surface area contributed by atoms with Crippen molar-refractivity contribution in [3.8, 4) is 0 Å². The maximum absolute atomic E-state index is 11.8. The molecule has 1 aromatic rings. The van der Waals surface area contributed by atoms with Crippen LogP contribution in [0.25, 0.3) is 0 Å². The van der Waals surface area contributed by atoms with Crippen LogP contribution >= 0.6 is 0 Å². The average molecular weight is 289 g/mol. The van der Waals surface area contributed by atoms with E-state index < -0.39 is 0 Å². The zero-order valence-electron chi connectivity index (χ0n) is 12.6. The fourth-order valence-corrected chi connectivity index (χ4v) is 3.23. The molecule has 3 rings (SSSR count). The Morgan fingerprint density at radius 3 is 2.71 bits per heavy atom. The molecule has 0 radical (unpaired) electrons. The van der Waals surface area contributed by atoms with Crippen LogP contribution in [0.3, 0.4) is 0 Å². The molecule has 2 saturated heterocycles. The van der Waals surface area contributed by atoms with Crippen molar-refractivity contribution in [2.24, 2.45) is 0 Å². The highest BCUT2D eigenvalue weighted by Crippen LogP contribution is 2.31. The normalized spacial score (nSPS) is 23.2. The summed E-state index contributed by atoms with van der Waals surface area (Å²) in [5.41, 5.74) is 1.15. The summed E-state index contributed by atoms with van der Waals surface area (Å²) in [7, 11) is 0. The second-order valence-electron chi connectivity index (χ2n) is 5.77. The minimum absolute atomic E-state index is 0.164.